The zero-order valence-electron chi connectivity index (χ0n) is 17.2. The van der Waals surface area contributed by atoms with Gasteiger partial charge in [-0.1, -0.05) is 42.1 Å². The predicted octanol–water partition coefficient (Wildman–Crippen LogP) is 4.64. The van der Waals surface area contributed by atoms with E-state index in [0.29, 0.717) is 6.61 Å². The maximum atomic E-state index is 6.39. The third-order valence-corrected chi connectivity index (χ3v) is 6.32. The van der Waals surface area contributed by atoms with E-state index in [1.807, 2.05) is 63.2 Å². The molecule has 0 spiro atoms. The summed E-state index contributed by atoms with van der Waals surface area (Å²) in [6.45, 7) is 6.39. The molecule has 1 unspecified atom stereocenters. The van der Waals surface area contributed by atoms with Crippen LogP contribution in [0.2, 0.25) is 0 Å². The summed E-state index contributed by atoms with van der Waals surface area (Å²) < 4.78 is 30.4. The second-order valence-electron chi connectivity index (χ2n) is 7.83. The van der Waals surface area contributed by atoms with Crippen LogP contribution in [0.25, 0.3) is 0 Å². The highest BCUT2D eigenvalue weighted by atomic mass is 32.2. The van der Waals surface area contributed by atoms with Gasteiger partial charge in [0.1, 0.15) is 29.5 Å². The largest absolute Gasteiger partial charge is 0.497 e. The van der Waals surface area contributed by atoms with E-state index in [4.69, 9.17) is 23.7 Å². The number of rotatable bonds is 6. The number of benzene rings is 2. The van der Waals surface area contributed by atoms with Gasteiger partial charge >= 0.3 is 0 Å². The molecule has 0 bridgehead atoms. The van der Waals surface area contributed by atoms with E-state index in [1.54, 1.807) is 18.9 Å². The van der Waals surface area contributed by atoms with E-state index in [9.17, 15) is 0 Å². The molecule has 2 aliphatic heterocycles. The Kier molecular flexibility index (Phi) is 6.18. The summed E-state index contributed by atoms with van der Waals surface area (Å²) in [5.41, 5.74) is 0.881. The molecule has 2 aliphatic rings. The van der Waals surface area contributed by atoms with Crippen molar-refractivity contribution in [3.05, 3.63) is 60.2 Å². The molecule has 156 valence electrons. The molecule has 0 saturated carbocycles. The molecule has 2 heterocycles. The lowest BCUT2D eigenvalue weighted by atomic mass is 10.0. The van der Waals surface area contributed by atoms with E-state index < -0.39 is 5.79 Å². The van der Waals surface area contributed by atoms with Crippen LogP contribution in [0.4, 0.5) is 0 Å². The standard InChI is InChI=1S/C23H28O5S/c1-15-19-20(28-23(2,3)27-19)21(22(26-15)29-18-8-6-5-7-9-18)25-14-16-10-12-17(24-4)13-11-16/h5-13,15,19-22H,14H2,1-4H3/t15-,19+,20+,21-,22?/m0/s1. The van der Waals surface area contributed by atoms with E-state index in [0.717, 1.165) is 16.2 Å². The first-order chi connectivity index (χ1) is 13.9. The van der Waals surface area contributed by atoms with Crippen LogP contribution in [-0.4, -0.2) is 42.7 Å². The smallest absolute Gasteiger partial charge is 0.164 e. The van der Waals surface area contributed by atoms with Gasteiger partial charge in [-0.05, 0) is 50.6 Å². The Morgan fingerprint density at radius 3 is 2.34 bits per heavy atom. The molecule has 2 fully saturated rings. The highest BCUT2D eigenvalue weighted by molar-refractivity contribution is 7.99. The van der Waals surface area contributed by atoms with Crippen molar-refractivity contribution in [2.45, 2.75) is 67.9 Å². The molecule has 2 aromatic carbocycles. The second-order valence-corrected chi connectivity index (χ2v) is 9.00. The Morgan fingerprint density at radius 1 is 0.966 bits per heavy atom. The van der Waals surface area contributed by atoms with Gasteiger partial charge < -0.3 is 23.7 Å². The van der Waals surface area contributed by atoms with Gasteiger partial charge in [-0.3, -0.25) is 0 Å². The fourth-order valence-electron chi connectivity index (χ4n) is 3.77. The van der Waals surface area contributed by atoms with Crippen LogP contribution in [0.1, 0.15) is 26.3 Å². The van der Waals surface area contributed by atoms with Crippen molar-refractivity contribution in [2.24, 2.45) is 0 Å². The van der Waals surface area contributed by atoms with Crippen molar-refractivity contribution in [3.8, 4) is 5.75 Å². The molecular weight excluding hydrogens is 388 g/mol. The zero-order valence-corrected chi connectivity index (χ0v) is 18.1. The molecule has 0 aromatic heterocycles. The predicted molar refractivity (Wildman–Crippen MR) is 112 cm³/mol. The van der Waals surface area contributed by atoms with Crippen LogP contribution >= 0.6 is 11.8 Å². The van der Waals surface area contributed by atoms with Gasteiger partial charge in [0.05, 0.1) is 19.8 Å². The molecule has 0 aliphatic carbocycles. The van der Waals surface area contributed by atoms with Gasteiger partial charge in [0.2, 0.25) is 0 Å². The van der Waals surface area contributed by atoms with Gasteiger partial charge in [-0.2, -0.15) is 0 Å². The van der Waals surface area contributed by atoms with Gasteiger partial charge in [0, 0.05) is 4.90 Å². The number of hydrogen-bond acceptors (Lipinski definition) is 6. The number of fused-ring (bicyclic) bond motifs is 1. The first-order valence-corrected chi connectivity index (χ1v) is 10.8. The third kappa shape index (κ3) is 4.78. The number of ether oxygens (including phenoxy) is 5. The average Bonchev–Trinajstić information content (AvgIpc) is 3.05. The monoisotopic (exact) mass is 416 g/mol. The molecule has 29 heavy (non-hydrogen) atoms. The fraction of sp³-hybridized carbons (Fsp3) is 0.478. The van der Waals surface area contributed by atoms with Gasteiger partial charge in [0.15, 0.2) is 5.79 Å². The van der Waals surface area contributed by atoms with Crippen molar-refractivity contribution in [1.82, 2.24) is 0 Å². The van der Waals surface area contributed by atoms with Crippen molar-refractivity contribution >= 4 is 11.8 Å². The third-order valence-electron chi connectivity index (χ3n) is 5.16. The van der Waals surface area contributed by atoms with Crippen LogP contribution in [0, 0.1) is 0 Å². The first kappa shape index (κ1) is 20.7. The van der Waals surface area contributed by atoms with Crippen molar-refractivity contribution in [1.29, 1.82) is 0 Å². The fourth-order valence-corrected chi connectivity index (χ4v) is 4.95. The van der Waals surface area contributed by atoms with Gasteiger partial charge in [-0.15, -0.1) is 0 Å². The molecular formula is C23H28O5S. The normalized spacial score (nSPS) is 30.7. The van der Waals surface area contributed by atoms with Gasteiger partial charge in [0.25, 0.3) is 0 Å². The summed E-state index contributed by atoms with van der Waals surface area (Å²) in [6, 6.07) is 18.1. The highest BCUT2D eigenvalue weighted by Crippen LogP contribution is 2.43. The molecule has 0 N–H and O–H groups in total. The van der Waals surface area contributed by atoms with E-state index in [1.165, 1.54) is 0 Å². The lowest BCUT2D eigenvalue weighted by molar-refractivity contribution is -0.175. The SMILES string of the molecule is COc1ccc(CO[C@@H]2C(Sc3ccccc3)O[C@@H](C)[C@H]3OC(C)(C)O[C@H]32)cc1. The van der Waals surface area contributed by atoms with Crippen molar-refractivity contribution in [2.75, 3.05) is 7.11 Å². The quantitative estimate of drug-likeness (QED) is 0.684. The molecule has 5 atom stereocenters. The van der Waals surface area contributed by atoms with Crippen molar-refractivity contribution in [3.63, 3.8) is 0 Å². The lowest BCUT2D eigenvalue weighted by Crippen LogP contribution is -2.55. The first-order valence-electron chi connectivity index (χ1n) is 9.92. The van der Waals surface area contributed by atoms with Crippen LogP contribution in [-0.2, 0) is 25.6 Å². The molecule has 5 nitrogen and oxygen atoms in total. The molecule has 4 rings (SSSR count). The summed E-state index contributed by atoms with van der Waals surface area (Å²) >= 11 is 1.66. The van der Waals surface area contributed by atoms with Crippen LogP contribution in [0.15, 0.2) is 59.5 Å². The molecule has 6 heteroatoms. The van der Waals surface area contributed by atoms with Crippen LogP contribution in [0.3, 0.4) is 0 Å². The van der Waals surface area contributed by atoms with Crippen LogP contribution in [0.5, 0.6) is 5.75 Å². The number of hydrogen-bond donors (Lipinski definition) is 0. The zero-order chi connectivity index (χ0) is 20.4. The van der Waals surface area contributed by atoms with Gasteiger partial charge in [-0.25, -0.2) is 0 Å². The summed E-state index contributed by atoms with van der Waals surface area (Å²) in [5.74, 6) is 0.177. The molecule has 0 amide bonds. The van der Waals surface area contributed by atoms with E-state index in [2.05, 4.69) is 12.1 Å². The Morgan fingerprint density at radius 2 is 1.66 bits per heavy atom. The minimum absolute atomic E-state index is 0.0798. The summed E-state index contributed by atoms with van der Waals surface area (Å²) in [7, 11) is 1.66. The Balaban J connectivity index is 1.53. The number of thioether (sulfide) groups is 1. The second kappa shape index (κ2) is 8.66. The summed E-state index contributed by atoms with van der Waals surface area (Å²) in [4.78, 5) is 1.14. The Bertz CT molecular complexity index is 795. The van der Waals surface area contributed by atoms with E-state index >= 15 is 0 Å². The lowest BCUT2D eigenvalue weighted by Gasteiger charge is -2.40. The highest BCUT2D eigenvalue weighted by Gasteiger charge is 2.54. The molecule has 0 radical (unpaired) electrons. The number of methoxy groups -OCH3 is 1. The maximum absolute atomic E-state index is 6.39. The molecule has 2 aromatic rings. The van der Waals surface area contributed by atoms with Crippen LogP contribution < -0.4 is 4.74 Å². The average molecular weight is 417 g/mol. The summed E-state index contributed by atoms with van der Waals surface area (Å²) in [6.07, 6.45) is -0.680. The Labute approximate surface area is 176 Å². The maximum Gasteiger partial charge on any atom is 0.164 e. The summed E-state index contributed by atoms with van der Waals surface area (Å²) in [5, 5.41) is 0. The topological polar surface area (TPSA) is 46.2 Å². The minimum Gasteiger partial charge on any atom is -0.497 e. The minimum atomic E-state index is -0.652. The molecule has 2 saturated heterocycles. The van der Waals surface area contributed by atoms with Crippen molar-refractivity contribution < 1.29 is 23.7 Å². The van der Waals surface area contributed by atoms with E-state index in [-0.39, 0.29) is 29.9 Å². The Hall–Kier alpha value is -1.57.